The Morgan fingerprint density at radius 2 is 1.75 bits per heavy atom. The van der Waals surface area contributed by atoms with E-state index in [1.165, 1.54) is 5.56 Å². The molecule has 24 heavy (non-hydrogen) atoms. The number of anilines is 1. The van der Waals surface area contributed by atoms with Crippen molar-refractivity contribution < 1.29 is 9.53 Å². The molecule has 0 fully saturated rings. The zero-order valence-corrected chi connectivity index (χ0v) is 15.7. The first-order chi connectivity index (χ1) is 11.4. The topological polar surface area (TPSA) is 38.3 Å². The zero-order valence-electron chi connectivity index (χ0n) is 14.9. The summed E-state index contributed by atoms with van der Waals surface area (Å²) >= 11 is 1.54. The van der Waals surface area contributed by atoms with Gasteiger partial charge in [-0.25, -0.2) is 0 Å². The Bertz CT molecular complexity index is 695. The second-order valence-corrected chi connectivity index (χ2v) is 7.53. The number of aryl methyl sites for hydroxylation is 1. The maximum atomic E-state index is 12.6. The fourth-order valence-electron chi connectivity index (χ4n) is 2.48. The van der Waals surface area contributed by atoms with E-state index in [-0.39, 0.29) is 11.2 Å². The molecule has 4 heteroatoms. The molecule has 1 amide bonds. The van der Waals surface area contributed by atoms with Gasteiger partial charge in [0.1, 0.15) is 5.75 Å². The highest BCUT2D eigenvalue weighted by Crippen LogP contribution is 2.30. The summed E-state index contributed by atoms with van der Waals surface area (Å²) in [7, 11) is 1.65. The van der Waals surface area contributed by atoms with Crippen molar-refractivity contribution in [1.82, 2.24) is 0 Å². The average Bonchev–Trinajstić information content (AvgIpc) is 2.57. The summed E-state index contributed by atoms with van der Waals surface area (Å²) in [6.45, 7) is 8.24. The minimum absolute atomic E-state index is 0.0204. The Hall–Kier alpha value is -1.94. The Morgan fingerprint density at radius 1 is 1.08 bits per heavy atom. The lowest BCUT2D eigenvalue weighted by Crippen LogP contribution is -2.23. The standard InChI is InChI=1S/C20H25NO2S/c1-13(2)18-8-6-7-14(3)19(18)21-20(22)15(4)24-17-11-9-16(23-5)10-12-17/h6-13,15H,1-5H3,(H,21,22)/t15-/m1/s1. The van der Waals surface area contributed by atoms with Crippen LogP contribution in [-0.2, 0) is 4.79 Å². The van der Waals surface area contributed by atoms with Crippen LogP contribution in [0.5, 0.6) is 5.75 Å². The summed E-state index contributed by atoms with van der Waals surface area (Å²) < 4.78 is 5.16. The van der Waals surface area contributed by atoms with Crippen molar-refractivity contribution in [3.05, 3.63) is 53.6 Å². The number of thioether (sulfide) groups is 1. The van der Waals surface area contributed by atoms with E-state index in [9.17, 15) is 4.79 Å². The van der Waals surface area contributed by atoms with Crippen molar-refractivity contribution in [2.24, 2.45) is 0 Å². The summed E-state index contributed by atoms with van der Waals surface area (Å²) in [6, 6.07) is 13.9. The first kappa shape index (κ1) is 18.4. The van der Waals surface area contributed by atoms with E-state index in [2.05, 4.69) is 25.2 Å². The fourth-order valence-corrected chi connectivity index (χ4v) is 3.35. The van der Waals surface area contributed by atoms with E-state index in [1.54, 1.807) is 18.9 Å². The van der Waals surface area contributed by atoms with Crippen LogP contribution in [0, 0.1) is 6.92 Å². The quantitative estimate of drug-likeness (QED) is 0.728. The Labute approximate surface area is 148 Å². The molecule has 0 unspecified atom stereocenters. The van der Waals surface area contributed by atoms with Crippen LogP contribution in [-0.4, -0.2) is 18.3 Å². The van der Waals surface area contributed by atoms with Gasteiger partial charge in [0.2, 0.25) is 5.91 Å². The van der Waals surface area contributed by atoms with E-state index >= 15 is 0 Å². The number of hydrogen-bond donors (Lipinski definition) is 1. The molecule has 0 heterocycles. The smallest absolute Gasteiger partial charge is 0.237 e. The van der Waals surface area contributed by atoms with Gasteiger partial charge in [0.25, 0.3) is 0 Å². The molecule has 2 aromatic carbocycles. The third-order valence-electron chi connectivity index (χ3n) is 3.92. The average molecular weight is 343 g/mol. The van der Waals surface area contributed by atoms with Crippen LogP contribution in [0.15, 0.2) is 47.4 Å². The van der Waals surface area contributed by atoms with Gasteiger partial charge in [-0.05, 0) is 55.2 Å². The first-order valence-electron chi connectivity index (χ1n) is 8.13. The molecule has 0 bridgehead atoms. The van der Waals surface area contributed by atoms with E-state index in [4.69, 9.17) is 4.74 Å². The minimum atomic E-state index is -0.182. The Kier molecular flexibility index (Phi) is 6.32. The predicted molar refractivity (Wildman–Crippen MR) is 102 cm³/mol. The van der Waals surface area contributed by atoms with Gasteiger partial charge in [-0.1, -0.05) is 32.0 Å². The van der Waals surface area contributed by atoms with Crippen molar-refractivity contribution in [1.29, 1.82) is 0 Å². The molecule has 0 aliphatic carbocycles. The van der Waals surface area contributed by atoms with Gasteiger partial charge < -0.3 is 10.1 Å². The number of methoxy groups -OCH3 is 1. The van der Waals surface area contributed by atoms with Gasteiger partial charge in [0.05, 0.1) is 12.4 Å². The van der Waals surface area contributed by atoms with Crippen molar-refractivity contribution in [2.45, 2.75) is 43.8 Å². The number of carbonyl (C=O) groups is 1. The molecule has 1 N–H and O–H groups in total. The van der Waals surface area contributed by atoms with Gasteiger partial charge in [-0.3, -0.25) is 4.79 Å². The molecule has 1 atom stereocenters. The van der Waals surface area contributed by atoms with Crippen molar-refractivity contribution in [3.8, 4) is 5.75 Å². The van der Waals surface area contributed by atoms with Gasteiger partial charge in [0.15, 0.2) is 0 Å². The lowest BCUT2D eigenvalue weighted by atomic mass is 9.98. The molecule has 128 valence electrons. The van der Waals surface area contributed by atoms with Gasteiger partial charge in [0, 0.05) is 10.6 Å². The fraction of sp³-hybridized carbons (Fsp3) is 0.350. The molecule has 0 spiro atoms. The third kappa shape index (κ3) is 4.54. The van der Waals surface area contributed by atoms with Gasteiger partial charge in [-0.15, -0.1) is 11.8 Å². The number of benzene rings is 2. The minimum Gasteiger partial charge on any atom is -0.497 e. The molecular weight excluding hydrogens is 318 g/mol. The summed E-state index contributed by atoms with van der Waals surface area (Å²) in [5.41, 5.74) is 3.21. The lowest BCUT2D eigenvalue weighted by Gasteiger charge is -2.18. The van der Waals surface area contributed by atoms with E-state index in [0.29, 0.717) is 5.92 Å². The second-order valence-electron chi connectivity index (χ2n) is 6.12. The first-order valence-corrected chi connectivity index (χ1v) is 9.01. The normalized spacial score (nSPS) is 12.1. The molecule has 0 saturated carbocycles. The van der Waals surface area contributed by atoms with Crippen LogP contribution in [0.25, 0.3) is 0 Å². The number of amides is 1. The molecular formula is C20H25NO2S. The third-order valence-corrected chi connectivity index (χ3v) is 5.03. The van der Waals surface area contributed by atoms with Crippen LogP contribution in [0.4, 0.5) is 5.69 Å². The summed E-state index contributed by atoms with van der Waals surface area (Å²) in [5.74, 6) is 1.20. The maximum absolute atomic E-state index is 12.6. The number of para-hydroxylation sites is 1. The Morgan fingerprint density at radius 3 is 2.33 bits per heavy atom. The van der Waals surface area contributed by atoms with Gasteiger partial charge >= 0.3 is 0 Å². The highest BCUT2D eigenvalue weighted by atomic mass is 32.2. The monoisotopic (exact) mass is 343 g/mol. The van der Waals surface area contributed by atoms with Crippen LogP contribution < -0.4 is 10.1 Å². The molecule has 3 nitrogen and oxygen atoms in total. The van der Waals surface area contributed by atoms with E-state index < -0.39 is 0 Å². The second kappa shape index (κ2) is 8.25. The van der Waals surface area contributed by atoms with Crippen molar-refractivity contribution in [3.63, 3.8) is 0 Å². The maximum Gasteiger partial charge on any atom is 0.237 e. The lowest BCUT2D eigenvalue weighted by molar-refractivity contribution is -0.115. The van der Waals surface area contributed by atoms with Crippen molar-refractivity contribution in [2.75, 3.05) is 12.4 Å². The number of ether oxygens (including phenoxy) is 1. The summed E-state index contributed by atoms with van der Waals surface area (Å²) in [5, 5.41) is 2.94. The molecule has 0 saturated heterocycles. The summed E-state index contributed by atoms with van der Waals surface area (Å²) in [4.78, 5) is 13.7. The van der Waals surface area contributed by atoms with Crippen LogP contribution in [0.1, 0.15) is 37.8 Å². The molecule has 0 radical (unpaired) electrons. The molecule has 2 rings (SSSR count). The molecule has 0 aliphatic rings. The SMILES string of the molecule is COc1ccc(S[C@H](C)C(=O)Nc2c(C)cccc2C(C)C)cc1. The van der Waals surface area contributed by atoms with Crippen LogP contribution in [0.3, 0.4) is 0 Å². The van der Waals surface area contributed by atoms with Gasteiger partial charge in [-0.2, -0.15) is 0 Å². The largest absolute Gasteiger partial charge is 0.497 e. The Balaban J connectivity index is 2.09. The predicted octanol–water partition coefficient (Wildman–Crippen LogP) is 5.25. The summed E-state index contributed by atoms with van der Waals surface area (Å²) in [6.07, 6.45) is 0. The molecule has 2 aromatic rings. The molecule has 0 aromatic heterocycles. The highest BCUT2D eigenvalue weighted by Gasteiger charge is 2.18. The number of carbonyl (C=O) groups excluding carboxylic acids is 1. The van der Waals surface area contributed by atoms with E-state index in [0.717, 1.165) is 21.9 Å². The zero-order chi connectivity index (χ0) is 17.7. The highest BCUT2D eigenvalue weighted by molar-refractivity contribution is 8.00. The molecule has 0 aliphatic heterocycles. The number of hydrogen-bond acceptors (Lipinski definition) is 3. The van der Waals surface area contributed by atoms with Crippen LogP contribution in [0.2, 0.25) is 0 Å². The number of rotatable bonds is 6. The number of nitrogens with one attached hydrogen (secondary N) is 1. The van der Waals surface area contributed by atoms with Crippen LogP contribution >= 0.6 is 11.8 Å². The van der Waals surface area contributed by atoms with Crippen molar-refractivity contribution >= 4 is 23.4 Å². The van der Waals surface area contributed by atoms with E-state index in [1.807, 2.05) is 50.2 Å².